The Morgan fingerprint density at radius 3 is 2.67 bits per heavy atom. The van der Waals surface area contributed by atoms with E-state index < -0.39 is 5.60 Å². The maximum atomic E-state index is 12.1. The molecular weight excluding hydrogens is 304 g/mol. The predicted octanol–water partition coefficient (Wildman–Crippen LogP) is 2.57. The van der Waals surface area contributed by atoms with Crippen molar-refractivity contribution in [3.8, 4) is 0 Å². The molecule has 6 heteroatoms. The zero-order chi connectivity index (χ0) is 17.9. The van der Waals surface area contributed by atoms with Crippen molar-refractivity contribution in [2.24, 2.45) is 7.05 Å². The van der Waals surface area contributed by atoms with Gasteiger partial charge < -0.3 is 15.0 Å². The Kier molecular flexibility index (Phi) is 5.91. The van der Waals surface area contributed by atoms with Gasteiger partial charge in [0.15, 0.2) is 0 Å². The van der Waals surface area contributed by atoms with Gasteiger partial charge in [-0.15, -0.1) is 0 Å². The van der Waals surface area contributed by atoms with Crippen molar-refractivity contribution in [1.82, 2.24) is 20.0 Å². The molecule has 0 unspecified atom stereocenters. The van der Waals surface area contributed by atoms with E-state index in [1.807, 2.05) is 32.5 Å². The molecule has 2 rings (SSSR count). The number of likely N-dealkylation sites (tertiary alicyclic amines) is 1. The number of aryl methyl sites for hydroxylation is 2. The van der Waals surface area contributed by atoms with Gasteiger partial charge in [-0.25, -0.2) is 4.79 Å². The first-order chi connectivity index (χ1) is 11.2. The molecule has 2 heterocycles. The van der Waals surface area contributed by atoms with Gasteiger partial charge >= 0.3 is 6.09 Å². The fraction of sp³-hybridized carbons (Fsp3) is 0.778. The predicted molar refractivity (Wildman–Crippen MR) is 95.2 cm³/mol. The van der Waals surface area contributed by atoms with Crippen LogP contribution in [0.25, 0.3) is 0 Å². The molecule has 1 aromatic rings. The molecule has 6 nitrogen and oxygen atoms in total. The van der Waals surface area contributed by atoms with E-state index in [-0.39, 0.29) is 6.09 Å². The third-order valence-corrected chi connectivity index (χ3v) is 4.54. The van der Waals surface area contributed by atoms with Gasteiger partial charge in [-0.3, -0.25) is 4.68 Å². The summed E-state index contributed by atoms with van der Waals surface area (Å²) in [6.45, 7) is 12.4. The normalized spacial score (nSPS) is 18.2. The average molecular weight is 336 g/mol. The number of hydrogen-bond donors (Lipinski definition) is 1. The second kappa shape index (κ2) is 7.55. The van der Waals surface area contributed by atoms with E-state index >= 15 is 0 Å². The van der Waals surface area contributed by atoms with Crippen molar-refractivity contribution in [3.05, 3.63) is 17.0 Å². The first-order valence-electron chi connectivity index (χ1n) is 8.88. The van der Waals surface area contributed by atoms with Crippen LogP contribution in [0.2, 0.25) is 0 Å². The number of carbonyl (C=O) groups excluding carboxylic acids is 1. The van der Waals surface area contributed by atoms with Gasteiger partial charge in [-0.2, -0.15) is 5.10 Å². The molecule has 24 heavy (non-hydrogen) atoms. The maximum absolute atomic E-state index is 12.1. The van der Waals surface area contributed by atoms with Crippen LogP contribution in [-0.4, -0.2) is 52.1 Å². The van der Waals surface area contributed by atoms with Gasteiger partial charge in [0.1, 0.15) is 5.60 Å². The molecular formula is C18H32N4O2. The van der Waals surface area contributed by atoms with E-state index in [1.54, 1.807) is 4.90 Å². The summed E-state index contributed by atoms with van der Waals surface area (Å²) in [5.41, 5.74) is 3.32. The largest absolute Gasteiger partial charge is 0.444 e. The van der Waals surface area contributed by atoms with Gasteiger partial charge in [-0.05, 0) is 66.0 Å². The lowest BCUT2D eigenvalue weighted by atomic mass is 10.1. The van der Waals surface area contributed by atoms with Crippen LogP contribution in [0.1, 0.15) is 50.6 Å². The molecule has 0 bridgehead atoms. The number of nitrogens with zero attached hydrogens (tertiary/aromatic N) is 3. The molecule has 0 radical (unpaired) electrons. The highest BCUT2D eigenvalue weighted by atomic mass is 16.6. The highest BCUT2D eigenvalue weighted by Crippen LogP contribution is 2.16. The van der Waals surface area contributed by atoms with E-state index in [9.17, 15) is 4.79 Å². The van der Waals surface area contributed by atoms with Crippen molar-refractivity contribution < 1.29 is 9.53 Å². The number of carbonyl (C=O) groups is 1. The number of aromatic nitrogens is 2. The highest BCUT2D eigenvalue weighted by Gasteiger charge is 2.29. The molecule has 136 valence electrons. The van der Waals surface area contributed by atoms with Gasteiger partial charge in [0.05, 0.1) is 5.69 Å². The summed E-state index contributed by atoms with van der Waals surface area (Å²) in [7, 11) is 1.99. The fourth-order valence-corrected chi connectivity index (χ4v) is 3.17. The van der Waals surface area contributed by atoms with Crippen LogP contribution in [0.5, 0.6) is 0 Å². The lowest BCUT2D eigenvalue weighted by molar-refractivity contribution is 0.0291. The first-order valence-corrected chi connectivity index (χ1v) is 8.88. The first kappa shape index (κ1) is 18.8. The topological polar surface area (TPSA) is 59.4 Å². The Labute approximate surface area is 145 Å². The van der Waals surface area contributed by atoms with E-state index in [0.717, 1.165) is 44.6 Å². The molecule has 1 amide bonds. The smallest absolute Gasteiger partial charge is 0.410 e. The van der Waals surface area contributed by atoms with E-state index in [2.05, 4.69) is 24.3 Å². The van der Waals surface area contributed by atoms with E-state index in [4.69, 9.17) is 4.74 Å². The van der Waals surface area contributed by atoms with Crippen molar-refractivity contribution in [3.63, 3.8) is 0 Å². The van der Waals surface area contributed by atoms with Crippen LogP contribution in [0.3, 0.4) is 0 Å². The van der Waals surface area contributed by atoms with E-state index in [1.165, 1.54) is 11.3 Å². The fourth-order valence-electron chi connectivity index (χ4n) is 3.17. The Morgan fingerprint density at radius 2 is 2.08 bits per heavy atom. The number of ether oxygens (including phenoxy) is 1. The number of hydrogen-bond acceptors (Lipinski definition) is 4. The second-order valence-corrected chi connectivity index (χ2v) is 7.74. The lowest BCUT2D eigenvalue weighted by Crippen LogP contribution is -2.38. The third-order valence-electron chi connectivity index (χ3n) is 4.54. The Balaban J connectivity index is 1.70. The lowest BCUT2D eigenvalue weighted by Gasteiger charge is -2.24. The van der Waals surface area contributed by atoms with Crippen LogP contribution < -0.4 is 5.32 Å². The molecule has 0 aliphatic carbocycles. The molecule has 0 saturated carbocycles. The molecule has 1 N–H and O–H groups in total. The number of rotatable bonds is 5. The average Bonchev–Trinajstić information content (AvgIpc) is 3.01. The number of amides is 1. The Morgan fingerprint density at radius 1 is 1.38 bits per heavy atom. The van der Waals surface area contributed by atoms with Crippen molar-refractivity contribution in [1.29, 1.82) is 0 Å². The van der Waals surface area contributed by atoms with Crippen molar-refractivity contribution >= 4 is 6.09 Å². The molecule has 0 spiro atoms. The summed E-state index contributed by atoms with van der Waals surface area (Å²) in [6.07, 6.45) is 2.91. The summed E-state index contributed by atoms with van der Waals surface area (Å²) in [4.78, 5) is 13.9. The SMILES string of the molecule is Cc1nn(C)c(C)c1CCCN[C@H]1CCN(C(=O)OC(C)(C)C)C1. The monoisotopic (exact) mass is 336 g/mol. The van der Waals surface area contributed by atoms with Crippen LogP contribution in [0.4, 0.5) is 4.79 Å². The highest BCUT2D eigenvalue weighted by molar-refractivity contribution is 5.68. The summed E-state index contributed by atoms with van der Waals surface area (Å²) in [5, 5.41) is 8.03. The van der Waals surface area contributed by atoms with Gasteiger partial charge in [0.2, 0.25) is 0 Å². The van der Waals surface area contributed by atoms with Crippen molar-refractivity contribution in [2.75, 3.05) is 19.6 Å². The van der Waals surface area contributed by atoms with Crippen molar-refractivity contribution in [2.45, 2.75) is 65.5 Å². The minimum Gasteiger partial charge on any atom is -0.444 e. The van der Waals surface area contributed by atoms with E-state index in [0.29, 0.717) is 6.04 Å². The Hall–Kier alpha value is -1.56. The summed E-state index contributed by atoms with van der Waals surface area (Å²) in [6, 6.07) is 0.369. The second-order valence-electron chi connectivity index (χ2n) is 7.74. The molecule has 1 aliphatic heterocycles. The minimum atomic E-state index is -0.429. The van der Waals surface area contributed by atoms with Crippen LogP contribution >= 0.6 is 0 Å². The molecule has 1 aliphatic rings. The van der Waals surface area contributed by atoms with Gasteiger partial charge in [0.25, 0.3) is 0 Å². The minimum absolute atomic E-state index is 0.201. The standard InChI is InChI=1S/C18H32N4O2/c1-13-16(14(2)21(6)20-13)8-7-10-19-15-9-11-22(12-15)17(23)24-18(3,4)5/h15,19H,7-12H2,1-6H3/t15-/m0/s1. The van der Waals surface area contributed by atoms with Gasteiger partial charge in [-0.1, -0.05) is 0 Å². The summed E-state index contributed by atoms with van der Waals surface area (Å²) < 4.78 is 7.38. The maximum Gasteiger partial charge on any atom is 0.410 e. The summed E-state index contributed by atoms with van der Waals surface area (Å²) >= 11 is 0. The molecule has 1 atom stereocenters. The Bertz CT molecular complexity index is 574. The van der Waals surface area contributed by atoms with Crippen LogP contribution in [0.15, 0.2) is 0 Å². The molecule has 1 aromatic heterocycles. The van der Waals surface area contributed by atoms with Crippen LogP contribution in [-0.2, 0) is 18.2 Å². The number of nitrogens with one attached hydrogen (secondary N) is 1. The zero-order valence-corrected chi connectivity index (χ0v) is 16.0. The molecule has 1 fully saturated rings. The summed E-state index contributed by atoms with van der Waals surface area (Å²) in [5.74, 6) is 0. The third kappa shape index (κ3) is 4.97. The van der Waals surface area contributed by atoms with Gasteiger partial charge in [0, 0.05) is 31.9 Å². The zero-order valence-electron chi connectivity index (χ0n) is 16.0. The molecule has 1 saturated heterocycles. The molecule has 0 aromatic carbocycles. The quantitative estimate of drug-likeness (QED) is 0.840. The van der Waals surface area contributed by atoms with Crippen LogP contribution in [0, 0.1) is 13.8 Å².